The predicted octanol–water partition coefficient (Wildman–Crippen LogP) is 2.48. The second kappa shape index (κ2) is 5.11. The Morgan fingerprint density at radius 2 is 2.00 bits per heavy atom. The number of ketones is 1. The third kappa shape index (κ3) is 3.30. The van der Waals surface area contributed by atoms with Crippen molar-refractivity contribution < 1.29 is 4.79 Å². The van der Waals surface area contributed by atoms with Gasteiger partial charge in [-0.15, -0.1) is 0 Å². The van der Waals surface area contributed by atoms with Gasteiger partial charge in [-0.3, -0.25) is 9.69 Å². The number of nitrogens with zero attached hydrogens (tertiary/aromatic N) is 1. The van der Waals surface area contributed by atoms with Gasteiger partial charge in [-0.05, 0) is 37.6 Å². The molecule has 1 saturated heterocycles. The van der Waals surface area contributed by atoms with E-state index in [1.54, 1.807) is 0 Å². The van der Waals surface area contributed by atoms with E-state index in [4.69, 9.17) is 0 Å². The summed E-state index contributed by atoms with van der Waals surface area (Å²) in [6, 6.07) is 0. The van der Waals surface area contributed by atoms with Crippen LogP contribution in [-0.4, -0.2) is 30.3 Å². The zero-order valence-corrected chi connectivity index (χ0v) is 9.87. The van der Waals surface area contributed by atoms with E-state index in [0.717, 1.165) is 37.8 Å². The van der Waals surface area contributed by atoms with Crippen LogP contribution >= 0.6 is 0 Å². The normalized spacial score (nSPS) is 34.3. The van der Waals surface area contributed by atoms with E-state index in [1.165, 1.54) is 32.2 Å². The highest BCUT2D eigenvalue weighted by Gasteiger charge is 2.23. The molecule has 15 heavy (non-hydrogen) atoms. The Bertz CT molecular complexity index is 219. The van der Waals surface area contributed by atoms with E-state index < -0.39 is 0 Å². The highest BCUT2D eigenvalue weighted by Crippen LogP contribution is 2.29. The van der Waals surface area contributed by atoms with Gasteiger partial charge in [0.1, 0.15) is 5.78 Å². The molecule has 0 amide bonds. The molecule has 0 aromatic carbocycles. The van der Waals surface area contributed by atoms with Gasteiger partial charge < -0.3 is 0 Å². The summed E-state index contributed by atoms with van der Waals surface area (Å²) in [5.74, 6) is 2.25. The van der Waals surface area contributed by atoms with Crippen LogP contribution < -0.4 is 0 Å². The minimum Gasteiger partial charge on any atom is -0.298 e. The number of rotatable bonds is 2. The van der Waals surface area contributed by atoms with Gasteiger partial charge in [-0.25, -0.2) is 0 Å². The summed E-state index contributed by atoms with van der Waals surface area (Å²) in [7, 11) is 0. The number of carbonyl (C=O) groups is 1. The van der Waals surface area contributed by atoms with Crippen molar-refractivity contribution in [1.82, 2.24) is 4.90 Å². The summed E-state index contributed by atoms with van der Waals surface area (Å²) >= 11 is 0. The van der Waals surface area contributed by atoms with Gasteiger partial charge in [0.25, 0.3) is 0 Å². The van der Waals surface area contributed by atoms with E-state index in [1.807, 2.05) is 0 Å². The molecular weight excluding hydrogens is 186 g/mol. The Morgan fingerprint density at radius 3 is 2.67 bits per heavy atom. The van der Waals surface area contributed by atoms with Crippen LogP contribution in [-0.2, 0) is 4.79 Å². The average Bonchev–Trinajstić information content (AvgIpc) is 2.22. The Hall–Kier alpha value is -0.370. The van der Waals surface area contributed by atoms with Crippen molar-refractivity contribution in [1.29, 1.82) is 0 Å². The predicted molar refractivity (Wildman–Crippen MR) is 61.8 cm³/mol. The third-order valence-electron chi connectivity index (χ3n) is 3.98. The highest BCUT2D eigenvalue weighted by molar-refractivity contribution is 5.81. The van der Waals surface area contributed by atoms with Crippen LogP contribution in [0.3, 0.4) is 0 Å². The highest BCUT2D eigenvalue weighted by atomic mass is 16.1. The number of hydrogen-bond donors (Lipinski definition) is 0. The number of carbonyl (C=O) groups excluding carboxylic acids is 1. The van der Waals surface area contributed by atoms with Crippen LogP contribution in [0.2, 0.25) is 0 Å². The largest absolute Gasteiger partial charge is 0.298 e. The van der Waals surface area contributed by atoms with Crippen molar-refractivity contribution in [3.63, 3.8) is 0 Å². The first-order valence-corrected chi connectivity index (χ1v) is 6.48. The molecule has 2 aliphatic rings. The molecule has 0 unspecified atom stereocenters. The van der Waals surface area contributed by atoms with Crippen molar-refractivity contribution in [2.45, 2.75) is 45.4 Å². The van der Waals surface area contributed by atoms with Crippen molar-refractivity contribution in [3.05, 3.63) is 0 Å². The molecule has 2 heteroatoms. The topological polar surface area (TPSA) is 20.3 Å². The maximum atomic E-state index is 11.3. The van der Waals surface area contributed by atoms with Crippen molar-refractivity contribution in [2.75, 3.05) is 19.6 Å². The molecule has 0 spiro atoms. The van der Waals surface area contributed by atoms with Gasteiger partial charge in [-0.1, -0.05) is 19.8 Å². The van der Waals surface area contributed by atoms with Gasteiger partial charge in [0.15, 0.2) is 0 Å². The van der Waals surface area contributed by atoms with E-state index in [2.05, 4.69) is 11.8 Å². The van der Waals surface area contributed by atoms with Crippen LogP contribution in [0.25, 0.3) is 0 Å². The van der Waals surface area contributed by atoms with E-state index in [-0.39, 0.29) is 0 Å². The summed E-state index contributed by atoms with van der Waals surface area (Å²) in [4.78, 5) is 13.7. The van der Waals surface area contributed by atoms with Crippen molar-refractivity contribution >= 4 is 5.78 Å². The Morgan fingerprint density at radius 1 is 1.27 bits per heavy atom. The Kier molecular flexibility index (Phi) is 3.79. The van der Waals surface area contributed by atoms with Gasteiger partial charge in [0, 0.05) is 13.0 Å². The number of piperidine rings is 1. The minimum atomic E-state index is 0.449. The molecule has 1 aliphatic carbocycles. The number of hydrogen-bond acceptors (Lipinski definition) is 2. The van der Waals surface area contributed by atoms with Crippen LogP contribution in [0.4, 0.5) is 0 Å². The van der Waals surface area contributed by atoms with Crippen molar-refractivity contribution in [3.8, 4) is 0 Å². The molecule has 2 fully saturated rings. The lowest BCUT2D eigenvalue weighted by Crippen LogP contribution is -2.39. The quantitative estimate of drug-likeness (QED) is 0.696. The summed E-state index contributed by atoms with van der Waals surface area (Å²) < 4.78 is 0. The minimum absolute atomic E-state index is 0.449. The summed E-state index contributed by atoms with van der Waals surface area (Å²) in [5.41, 5.74) is 0. The van der Waals surface area contributed by atoms with Crippen LogP contribution in [0.15, 0.2) is 0 Å². The van der Waals surface area contributed by atoms with Crippen LogP contribution in [0.1, 0.15) is 45.4 Å². The number of likely N-dealkylation sites (tertiary alicyclic amines) is 1. The summed E-state index contributed by atoms with van der Waals surface area (Å²) in [5, 5.41) is 0. The van der Waals surface area contributed by atoms with Crippen LogP contribution in [0, 0.1) is 11.8 Å². The zero-order chi connectivity index (χ0) is 10.7. The van der Waals surface area contributed by atoms with Gasteiger partial charge in [-0.2, -0.15) is 0 Å². The first-order chi connectivity index (χ1) is 7.24. The lowest BCUT2D eigenvalue weighted by Gasteiger charge is -2.33. The molecular formula is C13H23NO. The number of Topliss-reactive ketones (excluding diaryl/α,β-unsaturated/α-hetero) is 1. The maximum Gasteiger partial charge on any atom is 0.146 e. The molecule has 0 bridgehead atoms. The zero-order valence-electron chi connectivity index (χ0n) is 9.87. The fourth-order valence-electron chi connectivity index (χ4n) is 2.94. The average molecular weight is 209 g/mol. The third-order valence-corrected chi connectivity index (χ3v) is 3.98. The van der Waals surface area contributed by atoms with Crippen LogP contribution in [0.5, 0.6) is 0 Å². The van der Waals surface area contributed by atoms with Gasteiger partial charge in [0.05, 0.1) is 6.54 Å². The molecule has 2 nitrogen and oxygen atoms in total. The molecule has 1 aliphatic heterocycles. The second-order valence-electron chi connectivity index (χ2n) is 5.50. The molecule has 1 saturated carbocycles. The monoisotopic (exact) mass is 209 g/mol. The van der Waals surface area contributed by atoms with E-state index >= 15 is 0 Å². The molecule has 0 N–H and O–H groups in total. The molecule has 86 valence electrons. The molecule has 0 aromatic rings. The summed E-state index contributed by atoms with van der Waals surface area (Å²) in [6.07, 6.45) is 7.46. The molecule has 0 atom stereocenters. The molecule has 0 radical (unpaired) electrons. The fourth-order valence-corrected chi connectivity index (χ4v) is 2.94. The smallest absolute Gasteiger partial charge is 0.146 e. The molecule has 1 heterocycles. The van der Waals surface area contributed by atoms with E-state index in [9.17, 15) is 4.79 Å². The van der Waals surface area contributed by atoms with Crippen molar-refractivity contribution in [2.24, 2.45) is 11.8 Å². The van der Waals surface area contributed by atoms with Gasteiger partial charge >= 0.3 is 0 Å². The maximum absolute atomic E-state index is 11.3. The standard InChI is InChI=1S/C13H23NO/c1-11-4-6-12(7-5-11)9-14-8-2-3-13(15)10-14/h11-12H,2-10H2,1H3. The Balaban J connectivity index is 1.74. The first kappa shape index (κ1) is 11.1. The second-order valence-corrected chi connectivity index (χ2v) is 5.50. The first-order valence-electron chi connectivity index (χ1n) is 6.48. The SMILES string of the molecule is CC1CCC(CN2CCCC(=O)C2)CC1. The molecule has 2 rings (SSSR count). The van der Waals surface area contributed by atoms with E-state index in [0.29, 0.717) is 5.78 Å². The molecule has 0 aromatic heterocycles. The van der Waals surface area contributed by atoms with Gasteiger partial charge in [0.2, 0.25) is 0 Å². The lowest BCUT2D eigenvalue weighted by molar-refractivity contribution is -0.122. The lowest BCUT2D eigenvalue weighted by atomic mass is 9.82. The fraction of sp³-hybridized carbons (Fsp3) is 0.923. The summed E-state index contributed by atoms with van der Waals surface area (Å²) in [6.45, 7) is 5.42. The Labute approximate surface area is 93.0 Å².